The molecule has 1 amide bonds. The van der Waals surface area contributed by atoms with E-state index >= 15 is 0 Å². The van der Waals surface area contributed by atoms with E-state index in [0.717, 1.165) is 12.8 Å². The van der Waals surface area contributed by atoms with Crippen LogP contribution in [0.3, 0.4) is 0 Å². The summed E-state index contributed by atoms with van der Waals surface area (Å²) in [5.41, 5.74) is 5.64. The zero-order chi connectivity index (χ0) is 10.0. The van der Waals surface area contributed by atoms with E-state index in [1.54, 1.807) is 0 Å². The molecule has 0 radical (unpaired) electrons. The molecule has 0 aromatic carbocycles. The number of hydrogen-bond acceptors (Lipinski definition) is 2. The Bertz CT molecular complexity index is 191. The lowest BCUT2D eigenvalue weighted by Crippen LogP contribution is -2.39. The Labute approximate surface area is 80.1 Å². The molecule has 0 aromatic rings. The van der Waals surface area contributed by atoms with E-state index in [-0.39, 0.29) is 17.9 Å². The van der Waals surface area contributed by atoms with Gasteiger partial charge in [0, 0.05) is 18.0 Å². The van der Waals surface area contributed by atoms with Gasteiger partial charge in [0.2, 0.25) is 5.91 Å². The SMILES string of the molecule is CCC1CC1NC(=O)C(C)C(C)N. The predicted octanol–water partition coefficient (Wildman–Crippen LogP) is 0.884. The second-order valence-corrected chi connectivity index (χ2v) is 4.17. The average molecular weight is 184 g/mol. The summed E-state index contributed by atoms with van der Waals surface area (Å²) in [5.74, 6) is 0.748. The number of carbonyl (C=O) groups is 1. The van der Waals surface area contributed by atoms with Crippen molar-refractivity contribution in [1.29, 1.82) is 0 Å². The highest BCUT2D eigenvalue weighted by Gasteiger charge is 2.37. The third kappa shape index (κ3) is 2.69. The van der Waals surface area contributed by atoms with Crippen molar-refractivity contribution < 1.29 is 4.79 Å². The van der Waals surface area contributed by atoms with E-state index < -0.39 is 0 Å². The average Bonchev–Trinajstić information content (AvgIpc) is 2.81. The summed E-state index contributed by atoms with van der Waals surface area (Å²) in [6.07, 6.45) is 2.31. The first-order chi connectivity index (χ1) is 6.06. The van der Waals surface area contributed by atoms with Gasteiger partial charge in [-0.25, -0.2) is 0 Å². The first-order valence-corrected chi connectivity index (χ1v) is 5.12. The van der Waals surface area contributed by atoms with Crippen LogP contribution in [0.2, 0.25) is 0 Å². The largest absolute Gasteiger partial charge is 0.353 e. The van der Waals surface area contributed by atoms with E-state index in [0.29, 0.717) is 12.0 Å². The van der Waals surface area contributed by atoms with Gasteiger partial charge < -0.3 is 11.1 Å². The zero-order valence-electron chi connectivity index (χ0n) is 8.71. The van der Waals surface area contributed by atoms with Crippen molar-refractivity contribution in [2.45, 2.75) is 45.7 Å². The Balaban J connectivity index is 2.26. The molecular formula is C10H20N2O. The van der Waals surface area contributed by atoms with E-state index in [1.165, 1.54) is 0 Å². The standard InChI is InChI=1S/C10H20N2O/c1-4-8-5-9(8)12-10(13)6(2)7(3)11/h6-9H,4-5,11H2,1-3H3,(H,12,13). The van der Waals surface area contributed by atoms with Gasteiger partial charge in [-0.3, -0.25) is 4.79 Å². The van der Waals surface area contributed by atoms with Gasteiger partial charge in [0.1, 0.15) is 0 Å². The highest BCUT2D eigenvalue weighted by Crippen LogP contribution is 2.33. The summed E-state index contributed by atoms with van der Waals surface area (Å²) in [7, 11) is 0. The molecule has 1 aliphatic carbocycles. The number of amides is 1. The van der Waals surface area contributed by atoms with Crippen LogP contribution in [0.1, 0.15) is 33.6 Å². The van der Waals surface area contributed by atoms with Crippen LogP contribution in [0.15, 0.2) is 0 Å². The van der Waals surface area contributed by atoms with Crippen molar-refractivity contribution in [3.05, 3.63) is 0 Å². The van der Waals surface area contributed by atoms with Crippen LogP contribution in [0.4, 0.5) is 0 Å². The first kappa shape index (κ1) is 10.5. The molecule has 0 aromatic heterocycles. The lowest BCUT2D eigenvalue weighted by molar-refractivity contribution is -0.125. The van der Waals surface area contributed by atoms with Gasteiger partial charge in [-0.05, 0) is 19.3 Å². The molecule has 3 N–H and O–H groups in total. The van der Waals surface area contributed by atoms with Gasteiger partial charge in [-0.15, -0.1) is 0 Å². The number of nitrogens with one attached hydrogen (secondary N) is 1. The van der Waals surface area contributed by atoms with E-state index in [1.807, 2.05) is 13.8 Å². The van der Waals surface area contributed by atoms with Gasteiger partial charge in [0.05, 0.1) is 0 Å². The summed E-state index contributed by atoms with van der Waals surface area (Å²) < 4.78 is 0. The molecule has 1 rings (SSSR count). The Morgan fingerprint density at radius 3 is 2.62 bits per heavy atom. The molecule has 4 unspecified atom stereocenters. The lowest BCUT2D eigenvalue weighted by atomic mass is 10.0. The highest BCUT2D eigenvalue weighted by molar-refractivity contribution is 5.79. The quantitative estimate of drug-likeness (QED) is 0.681. The molecule has 0 saturated heterocycles. The molecule has 4 atom stereocenters. The maximum atomic E-state index is 11.5. The molecule has 1 aliphatic rings. The monoisotopic (exact) mass is 184 g/mol. The summed E-state index contributed by atoms with van der Waals surface area (Å²) in [5, 5.41) is 3.02. The van der Waals surface area contributed by atoms with Crippen molar-refractivity contribution in [2.24, 2.45) is 17.6 Å². The fraction of sp³-hybridized carbons (Fsp3) is 0.900. The van der Waals surface area contributed by atoms with Crippen LogP contribution in [0.25, 0.3) is 0 Å². The van der Waals surface area contributed by atoms with E-state index in [4.69, 9.17) is 5.73 Å². The molecule has 13 heavy (non-hydrogen) atoms. The number of carbonyl (C=O) groups excluding carboxylic acids is 1. The van der Waals surface area contributed by atoms with Gasteiger partial charge in [-0.2, -0.15) is 0 Å². The molecular weight excluding hydrogens is 164 g/mol. The van der Waals surface area contributed by atoms with E-state index in [9.17, 15) is 4.79 Å². The maximum absolute atomic E-state index is 11.5. The molecule has 3 nitrogen and oxygen atoms in total. The molecule has 0 bridgehead atoms. The van der Waals surface area contributed by atoms with Crippen LogP contribution in [-0.2, 0) is 4.79 Å². The lowest BCUT2D eigenvalue weighted by Gasteiger charge is -2.15. The second kappa shape index (κ2) is 4.09. The normalized spacial score (nSPS) is 30.8. The summed E-state index contributed by atoms with van der Waals surface area (Å²) in [6, 6.07) is 0.373. The van der Waals surface area contributed by atoms with Crippen LogP contribution in [0.5, 0.6) is 0 Å². The second-order valence-electron chi connectivity index (χ2n) is 4.17. The minimum atomic E-state index is -0.0712. The van der Waals surface area contributed by atoms with Crippen molar-refractivity contribution in [1.82, 2.24) is 5.32 Å². The van der Waals surface area contributed by atoms with Gasteiger partial charge in [0.15, 0.2) is 0 Å². The van der Waals surface area contributed by atoms with Gasteiger partial charge >= 0.3 is 0 Å². The van der Waals surface area contributed by atoms with Crippen molar-refractivity contribution in [2.75, 3.05) is 0 Å². The Kier molecular flexibility index (Phi) is 3.31. The van der Waals surface area contributed by atoms with Crippen LogP contribution < -0.4 is 11.1 Å². The molecule has 76 valence electrons. The summed E-state index contributed by atoms with van der Waals surface area (Å²) >= 11 is 0. The number of hydrogen-bond donors (Lipinski definition) is 2. The van der Waals surface area contributed by atoms with Gasteiger partial charge in [0.25, 0.3) is 0 Å². The first-order valence-electron chi connectivity index (χ1n) is 5.12. The summed E-state index contributed by atoms with van der Waals surface area (Å²) in [6.45, 7) is 5.91. The third-order valence-corrected chi connectivity index (χ3v) is 2.98. The Hall–Kier alpha value is -0.570. The summed E-state index contributed by atoms with van der Waals surface area (Å²) in [4.78, 5) is 11.5. The molecule has 1 fully saturated rings. The fourth-order valence-electron chi connectivity index (χ4n) is 1.43. The molecule has 3 heteroatoms. The minimum Gasteiger partial charge on any atom is -0.353 e. The smallest absolute Gasteiger partial charge is 0.224 e. The van der Waals surface area contributed by atoms with E-state index in [2.05, 4.69) is 12.2 Å². The highest BCUT2D eigenvalue weighted by atomic mass is 16.2. The molecule has 0 aliphatic heterocycles. The van der Waals surface area contributed by atoms with Crippen molar-refractivity contribution >= 4 is 5.91 Å². The van der Waals surface area contributed by atoms with Gasteiger partial charge in [-0.1, -0.05) is 20.3 Å². The number of nitrogens with two attached hydrogens (primary N) is 1. The van der Waals surface area contributed by atoms with Crippen molar-refractivity contribution in [3.63, 3.8) is 0 Å². The maximum Gasteiger partial charge on any atom is 0.224 e. The predicted molar refractivity (Wildman–Crippen MR) is 53.1 cm³/mol. The topological polar surface area (TPSA) is 55.1 Å². The van der Waals surface area contributed by atoms with Crippen LogP contribution in [-0.4, -0.2) is 18.0 Å². The van der Waals surface area contributed by atoms with Crippen LogP contribution in [0, 0.1) is 11.8 Å². The molecule has 0 spiro atoms. The Morgan fingerprint density at radius 1 is 1.62 bits per heavy atom. The fourth-order valence-corrected chi connectivity index (χ4v) is 1.43. The number of rotatable bonds is 4. The minimum absolute atomic E-state index is 0.0566. The van der Waals surface area contributed by atoms with Crippen molar-refractivity contribution in [3.8, 4) is 0 Å². The van der Waals surface area contributed by atoms with Crippen LogP contribution >= 0.6 is 0 Å². The third-order valence-electron chi connectivity index (χ3n) is 2.98. The Morgan fingerprint density at radius 2 is 2.23 bits per heavy atom. The zero-order valence-corrected chi connectivity index (χ0v) is 8.71. The molecule has 0 heterocycles. The molecule has 1 saturated carbocycles.